The van der Waals surface area contributed by atoms with Crippen LogP contribution in [0.25, 0.3) is 0 Å². The van der Waals surface area contributed by atoms with Crippen molar-refractivity contribution in [1.29, 1.82) is 0 Å². The van der Waals surface area contributed by atoms with E-state index in [-0.39, 0.29) is 5.91 Å². The number of hydrogen-bond acceptors (Lipinski definition) is 5. The molecule has 0 spiro atoms. The van der Waals surface area contributed by atoms with Crippen LogP contribution >= 0.6 is 0 Å². The van der Waals surface area contributed by atoms with Gasteiger partial charge in [-0.05, 0) is 32.0 Å². The first kappa shape index (κ1) is 16.2. The zero-order valence-electron chi connectivity index (χ0n) is 14.1. The molecule has 1 aromatic heterocycles. The van der Waals surface area contributed by atoms with E-state index in [1.54, 1.807) is 0 Å². The molecule has 1 saturated heterocycles. The predicted octanol–water partition coefficient (Wildman–Crippen LogP) is 2.15. The smallest absolute Gasteiger partial charge is 0.253 e. The summed E-state index contributed by atoms with van der Waals surface area (Å²) >= 11 is 0. The Bertz CT molecular complexity index is 694. The Morgan fingerprint density at radius 2 is 1.92 bits per heavy atom. The van der Waals surface area contributed by atoms with Crippen LogP contribution in [0, 0.1) is 6.92 Å². The quantitative estimate of drug-likeness (QED) is 0.861. The highest BCUT2D eigenvalue weighted by atomic mass is 16.5. The third-order valence-corrected chi connectivity index (χ3v) is 4.07. The Balaban J connectivity index is 1.60. The summed E-state index contributed by atoms with van der Waals surface area (Å²) in [5.74, 6) is 1.45. The Morgan fingerprint density at radius 1 is 1.12 bits per heavy atom. The van der Waals surface area contributed by atoms with Crippen molar-refractivity contribution in [3.63, 3.8) is 0 Å². The molecular formula is C18H22N4O2. The molecule has 1 aliphatic rings. The van der Waals surface area contributed by atoms with Gasteiger partial charge in [0.05, 0.1) is 6.61 Å². The second kappa shape index (κ2) is 7.29. The van der Waals surface area contributed by atoms with Crippen molar-refractivity contribution < 1.29 is 9.53 Å². The van der Waals surface area contributed by atoms with Gasteiger partial charge in [0, 0.05) is 37.8 Å². The van der Waals surface area contributed by atoms with Crippen molar-refractivity contribution >= 4 is 11.7 Å². The van der Waals surface area contributed by atoms with E-state index >= 15 is 0 Å². The number of carbonyl (C=O) groups is 1. The first-order valence-corrected chi connectivity index (χ1v) is 8.25. The van der Waals surface area contributed by atoms with Gasteiger partial charge < -0.3 is 14.5 Å². The topological polar surface area (TPSA) is 58.6 Å². The monoisotopic (exact) mass is 326 g/mol. The van der Waals surface area contributed by atoms with Gasteiger partial charge in [-0.3, -0.25) is 4.79 Å². The number of hydrogen-bond donors (Lipinski definition) is 0. The number of nitrogens with zero attached hydrogens (tertiary/aromatic N) is 4. The SMILES string of the molecule is CCOc1ccc(N2CCN(C(=O)c3cccc(C)c3)CC2)nn1. The number of piperazine rings is 1. The van der Waals surface area contributed by atoms with E-state index in [0.29, 0.717) is 25.6 Å². The van der Waals surface area contributed by atoms with Crippen molar-refractivity contribution in [2.75, 3.05) is 37.7 Å². The number of benzene rings is 1. The average Bonchev–Trinajstić information content (AvgIpc) is 2.62. The molecule has 126 valence electrons. The van der Waals surface area contributed by atoms with Crippen molar-refractivity contribution in [2.45, 2.75) is 13.8 Å². The molecule has 1 fully saturated rings. The number of aryl methyl sites for hydroxylation is 1. The van der Waals surface area contributed by atoms with Gasteiger partial charge in [-0.25, -0.2) is 0 Å². The molecule has 3 rings (SSSR count). The number of ether oxygens (including phenoxy) is 1. The molecule has 1 aliphatic heterocycles. The first-order chi connectivity index (χ1) is 11.7. The van der Waals surface area contributed by atoms with Gasteiger partial charge in [0.15, 0.2) is 5.82 Å². The molecule has 2 aromatic rings. The van der Waals surface area contributed by atoms with Crippen LogP contribution in [0.2, 0.25) is 0 Å². The van der Waals surface area contributed by atoms with Gasteiger partial charge in [0.25, 0.3) is 5.91 Å². The molecular weight excluding hydrogens is 304 g/mol. The Morgan fingerprint density at radius 3 is 2.54 bits per heavy atom. The van der Waals surface area contributed by atoms with Crippen LogP contribution in [-0.4, -0.2) is 53.8 Å². The minimum atomic E-state index is 0.0936. The maximum Gasteiger partial charge on any atom is 0.253 e. The minimum absolute atomic E-state index is 0.0936. The fourth-order valence-electron chi connectivity index (χ4n) is 2.81. The standard InChI is InChI=1S/C18H22N4O2/c1-3-24-17-8-7-16(19-20-17)21-9-11-22(12-10-21)18(23)15-6-4-5-14(2)13-15/h4-8,13H,3,9-12H2,1-2H3. The summed E-state index contributed by atoms with van der Waals surface area (Å²) in [6.07, 6.45) is 0. The Labute approximate surface area is 142 Å². The summed E-state index contributed by atoms with van der Waals surface area (Å²) in [7, 11) is 0. The van der Waals surface area contributed by atoms with E-state index in [1.807, 2.05) is 55.1 Å². The fourth-order valence-corrected chi connectivity index (χ4v) is 2.81. The van der Waals surface area contributed by atoms with E-state index in [9.17, 15) is 4.79 Å². The first-order valence-electron chi connectivity index (χ1n) is 8.25. The molecule has 0 N–H and O–H groups in total. The normalized spacial score (nSPS) is 14.6. The molecule has 0 atom stereocenters. The van der Waals surface area contributed by atoms with Gasteiger partial charge >= 0.3 is 0 Å². The average molecular weight is 326 g/mol. The summed E-state index contributed by atoms with van der Waals surface area (Å²) in [6.45, 7) is 7.36. The number of carbonyl (C=O) groups excluding carboxylic acids is 1. The highest BCUT2D eigenvalue weighted by Crippen LogP contribution is 2.16. The summed E-state index contributed by atoms with van der Waals surface area (Å²) in [4.78, 5) is 16.6. The molecule has 0 aliphatic carbocycles. The molecule has 0 bridgehead atoms. The van der Waals surface area contributed by atoms with E-state index in [2.05, 4.69) is 15.1 Å². The maximum absolute atomic E-state index is 12.6. The fraction of sp³-hybridized carbons (Fsp3) is 0.389. The summed E-state index contributed by atoms with van der Waals surface area (Å²) in [6, 6.07) is 11.5. The van der Waals surface area contributed by atoms with Crippen molar-refractivity contribution in [2.24, 2.45) is 0 Å². The lowest BCUT2D eigenvalue weighted by Crippen LogP contribution is -2.49. The minimum Gasteiger partial charge on any atom is -0.477 e. The van der Waals surface area contributed by atoms with E-state index in [0.717, 1.165) is 30.0 Å². The van der Waals surface area contributed by atoms with E-state index in [4.69, 9.17) is 4.74 Å². The Hall–Kier alpha value is -2.63. The van der Waals surface area contributed by atoms with Crippen LogP contribution in [0.4, 0.5) is 5.82 Å². The van der Waals surface area contributed by atoms with E-state index < -0.39 is 0 Å². The summed E-state index contributed by atoms with van der Waals surface area (Å²) in [5, 5.41) is 8.27. The summed E-state index contributed by atoms with van der Waals surface area (Å²) < 4.78 is 5.31. The van der Waals surface area contributed by atoms with Crippen LogP contribution in [0.3, 0.4) is 0 Å². The zero-order valence-corrected chi connectivity index (χ0v) is 14.1. The molecule has 1 aromatic carbocycles. The van der Waals surface area contributed by atoms with Crippen LogP contribution in [0.5, 0.6) is 5.88 Å². The predicted molar refractivity (Wildman–Crippen MR) is 92.5 cm³/mol. The lowest BCUT2D eigenvalue weighted by molar-refractivity contribution is 0.0746. The second-order valence-corrected chi connectivity index (χ2v) is 5.81. The Kier molecular flexibility index (Phi) is 4.93. The molecule has 0 saturated carbocycles. The van der Waals surface area contributed by atoms with E-state index in [1.165, 1.54) is 0 Å². The molecule has 0 radical (unpaired) electrons. The van der Waals surface area contributed by atoms with Crippen LogP contribution in [0.15, 0.2) is 36.4 Å². The lowest BCUT2D eigenvalue weighted by Gasteiger charge is -2.35. The highest BCUT2D eigenvalue weighted by molar-refractivity contribution is 5.94. The third kappa shape index (κ3) is 3.64. The molecule has 1 amide bonds. The van der Waals surface area contributed by atoms with Crippen LogP contribution < -0.4 is 9.64 Å². The maximum atomic E-state index is 12.6. The van der Waals surface area contributed by atoms with Gasteiger partial charge in [-0.1, -0.05) is 17.7 Å². The zero-order chi connectivity index (χ0) is 16.9. The van der Waals surface area contributed by atoms with Gasteiger partial charge in [0.2, 0.25) is 5.88 Å². The number of amides is 1. The second-order valence-electron chi connectivity index (χ2n) is 5.81. The van der Waals surface area contributed by atoms with Gasteiger partial charge in [-0.15, -0.1) is 10.2 Å². The lowest BCUT2D eigenvalue weighted by atomic mass is 10.1. The number of anilines is 1. The van der Waals surface area contributed by atoms with Gasteiger partial charge in [0.1, 0.15) is 0 Å². The molecule has 6 heteroatoms. The molecule has 0 unspecified atom stereocenters. The molecule has 2 heterocycles. The van der Waals surface area contributed by atoms with Gasteiger partial charge in [-0.2, -0.15) is 0 Å². The molecule has 24 heavy (non-hydrogen) atoms. The third-order valence-electron chi connectivity index (χ3n) is 4.07. The van der Waals surface area contributed by atoms with Crippen LogP contribution in [-0.2, 0) is 0 Å². The van der Waals surface area contributed by atoms with Crippen molar-refractivity contribution in [1.82, 2.24) is 15.1 Å². The van der Waals surface area contributed by atoms with Crippen molar-refractivity contribution in [3.05, 3.63) is 47.5 Å². The largest absolute Gasteiger partial charge is 0.477 e. The number of aromatic nitrogens is 2. The van der Waals surface area contributed by atoms with Crippen molar-refractivity contribution in [3.8, 4) is 5.88 Å². The summed E-state index contributed by atoms with van der Waals surface area (Å²) in [5.41, 5.74) is 1.86. The van der Waals surface area contributed by atoms with Crippen LogP contribution in [0.1, 0.15) is 22.8 Å². The highest BCUT2D eigenvalue weighted by Gasteiger charge is 2.23. The number of rotatable bonds is 4. The molecule has 6 nitrogen and oxygen atoms in total.